The second-order valence-electron chi connectivity index (χ2n) is 12.3. The molecule has 1 aliphatic rings. The Hall–Kier alpha value is -4.40. The number of piperidine rings is 1. The van der Waals surface area contributed by atoms with Crippen LogP contribution >= 0.6 is 0 Å². The molecule has 0 aliphatic carbocycles. The van der Waals surface area contributed by atoms with Crippen LogP contribution in [0, 0.1) is 20.8 Å². The third-order valence-electron chi connectivity index (χ3n) is 7.63. The number of carbonyl (C=O) groups excluding carboxylic acids is 2. The molecule has 0 spiro atoms. The molecule has 1 N–H and O–H groups in total. The first-order valence-corrected chi connectivity index (χ1v) is 14.9. The van der Waals surface area contributed by atoms with Crippen molar-refractivity contribution in [2.24, 2.45) is 0 Å². The van der Waals surface area contributed by atoms with E-state index >= 15 is 0 Å². The first-order chi connectivity index (χ1) is 20.4. The largest absolute Gasteiger partial charge is 0.494 e. The molecule has 0 saturated carbocycles. The molecular formula is C34H41N5O4. The van der Waals surface area contributed by atoms with Crippen molar-refractivity contribution in [2.75, 3.05) is 25.0 Å². The molecule has 43 heavy (non-hydrogen) atoms. The number of benzene rings is 2. The average Bonchev–Trinajstić information content (AvgIpc) is 3.37. The molecule has 1 aliphatic heterocycles. The molecule has 9 nitrogen and oxygen atoms in total. The Morgan fingerprint density at radius 1 is 1.00 bits per heavy atom. The molecule has 2 aromatic heterocycles. The van der Waals surface area contributed by atoms with E-state index in [4.69, 9.17) is 19.6 Å². The highest BCUT2D eigenvalue weighted by molar-refractivity contribution is 6.06. The highest BCUT2D eigenvalue weighted by atomic mass is 16.6. The Morgan fingerprint density at radius 2 is 1.65 bits per heavy atom. The summed E-state index contributed by atoms with van der Waals surface area (Å²) in [6.45, 7) is 15.3. The SMILES string of the molecule is CCOc1ccc(-c2cc3nc(C4CCN(C(=O)OC(C)(C)C)CC4)c(C(=O)Nc4c(C)cc(C)cc4C)cn3n2)cc1. The van der Waals surface area contributed by atoms with Crippen molar-refractivity contribution >= 4 is 23.3 Å². The second-order valence-corrected chi connectivity index (χ2v) is 12.3. The van der Waals surface area contributed by atoms with E-state index in [-0.39, 0.29) is 17.9 Å². The van der Waals surface area contributed by atoms with Gasteiger partial charge >= 0.3 is 6.09 Å². The van der Waals surface area contributed by atoms with Gasteiger partial charge in [-0.1, -0.05) is 17.7 Å². The summed E-state index contributed by atoms with van der Waals surface area (Å²) >= 11 is 0. The van der Waals surface area contributed by atoms with Crippen LogP contribution in [0.25, 0.3) is 16.9 Å². The van der Waals surface area contributed by atoms with Gasteiger partial charge in [0.2, 0.25) is 0 Å². The Bertz CT molecular complexity index is 1620. The molecule has 1 fully saturated rings. The third kappa shape index (κ3) is 6.82. The topological polar surface area (TPSA) is 98.1 Å². The van der Waals surface area contributed by atoms with Crippen molar-refractivity contribution in [3.05, 3.63) is 76.6 Å². The van der Waals surface area contributed by atoms with Crippen molar-refractivity contribution in [1.29, 1.82) is 0 Å². The number of hydrogen-bond acceptors (Lipinski definition) is 6. The lowest BCUT2D eigenvalue weighted by atomic mass is 9.90. The van der Waals surface area contributed by atoms with Gasteiger partial charge < -0.3 is 19.7 Å². The number of aromatic nitrogens is 3. The molecule has 2 amide bonds. The number of amides is 2. The second kappa shape index (κ2) is 12.1. The van der Waals surface area contributed by atoms with Crippen LogP contribution in [0.4, 0.5) is 10.5 Å². The van der Waals surface area contributed by atoms with E-state index in [1.165, 1.54) is 0 Å². The average molecular weight is 584 g/mol. The van der Waals surface area contributed by atoms with Crippen molar-refractivity contribution in [3.8, 4) is 17.0 Å². The maximum absolute atomic E-state index is 13.9. The van der Waals surface area contributed by atoms with Crippen LogP contribution in [0.3, 0.4) is 0 Å². The fraction of sp³-hybridized carbons (Fsp3) is 0.412. The normalized spacial score (nSPS) is 14.2. The van der Waals surface area contributed by atoms with Crippen LogP contribution in [0.5, 0.6) is 5.75 Å². The number of likely N-dealkylation sites (tertiary alicyclic amines) is 1. The maximum atomic E-state index is 13.9. The molecule has 4 aromatic rings. The van der Waals surface area contributed by atoms with Gasteiger partial charge in [-0.15, -0.1) is 0 Å². The number of aryl methyl sites for hydroxylation is 3. The van der Waals surface area contributed by atoms with Gasteiger partial charge in [0.1, 0.15) is 11.4 Å². The minimum Gasteiger partial charge on any atom is -0.494 e. The van der Waals surface area contributed by atoms with Gasteiger partial charge in [0.15, 0.2) is 5.65 Å². The molecule has 226 valence electrons. The van der Waals surface area contributed by atoms with E-state index in [0.717, 1.165) is 45.1 Å². The zero-order chi connectivity index (χ0) is 30.9. The number of hydrogen-bond donors (Lipinski definition) is 1. The number of anilines is 1. The molecule has 0 radical (unpaired) electrons. The minimum absolute atomic E-state index is 0.00604. The van der Waals surface area contributed by atoms with E-state index < -0.39 is 5.60 Å². The smallest absolute Gasteiger partial charge is 0.410 e. The van der Waals surface area contributed by atoms with Crippen molar-refractivity contribution in [1.82, 2.24) is 19.5 Å². The van der Waals surface area contributed by atoms with Crippen LogP contribution in [-0.4, -0.2) is 56.8 Å². The van der Waals surface area contributed by atoms with E-state index in [1.807, 2.05) is 78.8 Å². The summed E-state index contributed by atoms with van der Waals surface area (Å²) in [7, 11) is 0. The molecule has 0 bridgehead atoms. The monoisotopic (exact) mass is 583 g/mol. The Labute approximate surface area is 253 Å². The third-order valence-corrected chi connectivity index (χ3v) is 7.63. The minimum atomic E-state index is -0.554. The molecule has 1 saturated heterocycles. The van der Waals surface area contributed by atoms with Crippen LogP contribution < -0.4 is 10.1 Å². The van der Waals surface area contributed by atoms with Gasteiger partial charge in [0.05, 0.1) is 23.6 Å². The quantitative estimate of drug-likeness (QED) is 0.260. The first kappa shape index (κ1) is 30.1. The molecule has 0 unspecified atom stereocenters. The van der Waals surface area contributed by atoms with Crippen LogP contribution in [-0.2, 0) is 4.74 Å². The zero-order valence-electron chi connectivity index (χ0n) is 26.2. The highest BCUT2D eigenvalue weighted by Gasteiger charge is 2.31. The van der Waals surface area contributed by atoms with E-state index in [2.05, 4.69) is 17.4 Å². The number of carbonyl (C=O) groups is 2. The number of nitrogens with one attached hydrogen (secondary N) is 1. The number of ether oxygens (including phenoxy) is 2. The molecule has 0 atom stereocenters. The number of nitrogens with zero attached hydrogens (tertiary/aromatic N) is 4. The summed E-state index contributed by atoms with van der Waals surface area (Å²) in [6, 6.07) is 13.8. The lowest BCUT2D eigenvalue weighted by Crippen LogP contribution is -2.41. The van der Waals surface area contributed by atoms with Gasteiger partial charge in [-0.3, -0.25) is 4.79 Å². The van der Waals surface area contributed by atoms with Gasteiger partial charge in [0, 0.05) is 42.5 Å². The van der Waals surface area contributed by atoms with E-state index in [1.54, 1.807) is 15.6 Å². The zero-order valence-corrected chi connectivity index (χ0v) is 26.2. The first-order valence-electron chi connectivity index (χ1n) is 14.9. The van der Waals surface area contributed by atoms with E-state index in [9.17, 15) is 9.59 Å². The van der Waals surface area contributed by atoms with Gasteiger partial charge in [0.25, 0.3) is 5.91 Å². The summed E-state index contributed by atoms with van der Waals surface area (Å²) in [5, 5.41) is 7.93. The Morgan fingerprint density at radius 3 is 2.26 bits per heavy atom. The summed E-state index contributed by atoms with van der Waals surface area (Å²) in [5.74, 6) is 0.564. The summed E-state index contributed by atoms with van der Waals surface area (Å²) in [6.07, 6.45) is 2.81. The van der Waals surface area contributed by atoms with Gasteiger partial charge in [-0.2, -0.15) is 5.10 Å². The molecule has 2 aromatic carbocycles. The summed E-state index contributed by atoms with van der Waals surface area (Å²) < 4.78 is 12.8. The van der Waals surface area contributed by atoms with Crippen LogP contribution in [0.1, 0.15) is 79.2 Å². The molecule has 3 heterocycles. The lowest BCUT2D eigenvalue weighted by Gasteiger charge is -2.33. The van der Waals surface area contributed by atoms with Gasteiger partial charge in [-0.25, -0.2) is 14.3 Å². The van der Waals surface area contributed by atoms with Crippen LogP contribution in [0.15, 0.2) is 48.7 Å². The Balaban J connectivity index is 1.49. The highest BCUT2D eigenvalue weighted by Crippen LogP contribution is 2.32. The molecular weight excluding hydrogens is 542 g/mol. The van der Waals surface area contributed by atoms with Crippen molar-refractivity contribution in [3.63, 3.8) is 0 Å². The summed E-state index contributed by atoms with van der Waals surface area (Å²) in [4.78, 5) is 33.4. The standard InChI is InChI=1S/C34H41N5O4/c1-8-42-26-11-9-24(10-12-26)28-19-29-35-31(25-13-15-38(16-14-25)33(41)43-34(5,6)7)27(20-39(29)37-28)32(40)36-30-22(3)17-21(2)18-23(30)4/h9-12,17-20,25H,8,13-16H2,1-7H3,(H,36,40). The fourth-order valence-electron chi connectivity index (χ4n) is 5.67. The summed E-state index contributed by atoms with van der Waals surface area (Å²) in [5.41, 5.74) is 6.94. The predicted molar refractivity (Wildman–Crippen MR) is 168 cm³/mol. The lowest BCUT2D eigenvalue weighted by molar-refractivity contribution is 0.0203. The number of rotatable bonds is 6. The molecule has 9 heteroatoms. The van der Waals surface area contributed by atoms with Gasteiger partial charge in [-0.05, 0) is 96.7 Å². The maximum Gasteiger partial charge on any atom is 0.410 e. The molecule has 5 rings (SSSR count). The van der Waals surface area contributed by atoms with Crippen molar-refractivity contribution < 1.29 is 19.1 Å². The van der Waals surface area contributed by atoms with Crippen LogP contribution in [0.2, 0.25) is 0 Å². The predicted octanol–water partition coefficient (Wildman–Crippen LogP) is 7.09. The van der Waals surface area contributed by atoms with Crippen molar-refractivity contribution in [2.45, 2.75) is 72.8 Å². The fourth-order valence-corrected chi connectivity index (χ4v) is 5.67. The Kier molecular flexibility index (Phi) is 8.44. The number of fused-ring (bicyclic) bond motifs is 1. The van der Waals surface area contributed by atoms with E-state index in [0.29, 0.717) is 43.7 Å².